The lowest BCUT2D eigenvalue weighted by Crippen LogP contribution is -2.20. The van der Waals surface area contributed by atoms with Crippen LogP contribution in [0.2, 0.25) is 0 Å². The quantitative estimate of drug-likeness (QED) is 0.834. The monoisotopic (exact) mass is 377 g/mol. The molecule has 0 aliphatic heterocycles. The molecule has 136 valence electrons. The van der Waals surface area contributed by atoms with Crippen molar-refractivity contribution in [3.8, 4) is 0 Å². The van der Waals surface area contributed by atoms with Crippen LogP contribution in [0.5, 0.6) is 0 Å². The summed E-state index contributed by atoms with van der Waals surface area (Å²) in [5.41, 5.74) is -1.95. The summed E-state index contributed by atoms with van der Waals surface area (Å²) in [5, 5.41) is 12.4. The van der Waals surface area contributed by atoms with Crippen LogP contribution in [0.15, 0.2) is 29.3 Å². The number of aryl methyl sites for hydroxylation is 2. The first-order valence-corrected chi connectivity index (χ1v) is 8.45. The SMILES string of the molecule is CCn1ncc(NS(=O)(=O)c2ccc(C(=O)O)cc2C)c1C(F)(F)F. The van der Waals surface area contributed by atoms with Crippen LogP contribution in [-0.2, 0) is 22.7 Å². The van der Waals surface area contributed by atoms with Gasteiger partial charge in [0.05, 0.1) is 22.3 Å². The molecule has 1 heterocycles. The molecule has 1 aromatic carbocycles. The van der Waals surface area contributed by atoms with Crippen LogP contribution in [-0.4, -0.2) is 29.3 Å². The second-order valence-corrected chi connectivity index (χ2v) is 6.76. The maximum Gasteiger partial charge on any atom is 0.435 e. The molecule has 25 heavy (non-hydrogen) atoms. The van der Waals surface area contributed by atoms with Crippen LogP contribution in [0.3, 0.4) is 0 Å². The number of carboxylic acid groups (broad SMARTS) is 1. The van der Waals surface area contributed by atoms with Crippen molar-refractivity contribution in [2.75, 3.05) is 4.72 Å². The number of benzene rings is 1. The lowest BCUT2D eigenvalue weighted by atomic mass is 10.1. The Balaban J connectivity index is 2.47. The standard InChI is InChI=1S/C14H14F3N3O4S/c1-3-20-12(14(15,16)17)10(7-18-20)19-25(23,24)11-5-4-9(13(21)22)6-8(11)2/h4-7,19H,3H2,1-2H3,(H,21,22). The number of aromatic carboxylic acids is 1. The Kier molecular flexibility index (Phi) is 4.80. The van der Waals surface area contributed by atoms with E-state index in [1.807, 2.05) is 4.72 Å². The second-order valence-electron chi connectivity index (χ2n) is 5.11. The second kappa shape index (κ2) is 6.39. The van der Waals surface area contributed by atoms with Crippen molar-refractivity contribution < 1.29 is 31.5 Å². The Morgan fingerprint density at radius 2 is 2.00 bits per heavy atom. The van der Waals surface area contributed by atoms with Crippen molar-refractivity contribution in [3.63, 3.8) is 0 Å². The van der Waals surface area contributed by atoms with Gasteiger partial charge in [0.15, 0.2) is 5.69 Å². The number of hydrogen-bond acceptors (Lipinski definition) is 4. The minimum absolute atomic E-state index is 0.0869. The van der Waals surface area contributed by atoms with E-state index in [0.717, 1.165) is 24.4 Å². The molecule has 0 aliphatic carbocycles. The molecular weight excluding hydrogens is 363 g/mol. The zero-order valence-electron chi connectivity index (χ0n) is 13.1. The van der Waals surface area contributed by atoms with Crippen LogP contribution >= 0.6 is 0 Å². The third kappa shape index (κ3) is 3.76. The largest absolute Gasteiger partial charge is 0.478 e. The number of nitrogens with one attached hydrogen (secondary N) is 1. The van der Waals surface area contributed by atoms with Crippen LogP contribution in [0, 0.1) is 6.92 Å². The number of nitrogens with zero attached hydrogens (tertiary/aromatic N) is 2. The van der Waals surface area contributed by atoms with E-state index in [1.54, 1.807) is 0 Å². The average Bonchev–Trinajstić information content (AvgIpc) is 2.88. The van der Waals surface area contributed by atoms with E-state index >= 15 is 0 Å². The van der Waals surface area contributed by atoms with Gasteiger partial charge in [0, 0.05) is 6.54 Å². The Morgan fingerprint density at radius 1 is 1.36 bits per heavy atom. The molecule has 2 rings (SSSR count). The molecule has 2 aromatic rings. The molecule has 0 radical (unpaired) electrons. The summed E-state index contributed by atoms with van der Waals surface area (Å²) in [6.45, 7) is 2.69. The van der Waals surface area contributed by atoms with Gasteiger partial charge in [-0.2, -0.15) is 18.3 Å². The van der Waals surface area contributed by atoms with Crippen LogP contribution in [0.25, 0.3) is 0 Å². The van der Waals surface area contributed by atoms with Gasteiger partial charge < -0.3 is 5.11 Å². The highest BCUT2D eigenvalue weighted by Gasteiger charge is 2.39. The molecule has 0 saturated carbocycles. The third-order valence-corrected chi connectivity index (χ3v) is 4.89. The highest BCUT2D eigenvalue weighted by atomic mass is 32.2. The zero-order valence-corrected chi connectivity index (χ0v) is 13.9. The number of sulfonamides is 1. The molecule has 0 unspecified atom stereocenters. The zero-order chi connectivity index (χ0) is 19.0. The Morgan fingerprint density at radius 3 is 2.48 bits per heavy atom. The molecule has 11 heteroatoms. The molecule has 0 saturated heterocycles. The van der Waals surface area contributed by atoms with Gasteiger partial charge >= 0.3 is 12.1 Å². The fourth-order valence-electron chi connectivity index (χ4n) is 2.28. The van der Waals surface area contributed by atoms with E-state index in [2.05, 4.69) is 5.10 Å². The van der Waals surface area contributed by atoms with Gasteiger partial charge in [0.2, 0.25) is 0 Å². The summed E-state index contributed by atoms with van der Waals surface area (Å²) in [5.74, 6) is -1.25. The maximum absolute atomic E-state index is 13.2. The number of carbonyl (C=O) groups is 1. The molecule has 1 aromatic heterocycles. The van der Waals surface area contributed by atoms with E-state index in [-0.39, 0.29) is 22.6 Å². The predicted octanol–water partition coefficient (Wildman–Crippen LogP) is 2.73. The van der Waals surface area contributed by atoms with Crippen molar-refractivity contribution in [2.45, 2.75) is 31.5 Å². The third-order valence-electron chi connectivity index (χ3n) is 3.36. The first-order valence-electron chi connectivity index (χ1n) is 6.97. The van der Waals surface area contributed by atoms with Crippen LogP contribution < -0.4 is 4.72 Å². The number of aromatic nitrogens is 2. The van der Waals surface area contributed by atoms with Crippen molar-refractivity contribution in [1.82, 2.24) is 9.78 Å². The number of carboxylic acids is 1. The molecule has 0 aliphatic rings. The van der Waals surface area contributed by atoms with Crippen LogP contribution in [0.4, 0.5) is 18.9 Å². The average molecular weight is 377 g/mol. The van der Waals surface area contributed by atoms with E-state index < -0.39 is 33.6 Å². The molecule has 0 atom stereocenters. The van der Waals surface area contributed by atoms with Gasteiger partial charge in [-0.3, -0.25) is 9.40 Å². The number of alkyl halides is 3. The van der Waals surface area contributed by atoms with E-state index in [4.69, 9.17) is 5.11 Å². The minimum atomic E-state index is -4.80. The Hall–Kier alpha value is -2.56. The van der Waals surface area contributed by atoms with Gasteiger partial charge in [-0.25, -0.2) is 13.2 Å². The molecule has 7 nitrogen and oxygen atoms in total. The fourth-order valence-corrected chi connectivity index (χ4v) is 3.56. The summed E-state index contributed by atoms with van der Waals surface area (Å²) in [6, 6.07) is 3.21. The van der Waals surface area contributed by atoms with Gasteiger partial charge in [-0.15, -0.1) is 0 Å². The molecule has 0 amide bonds. The molecule has 0 fully saturated rings. The predicted molar refractivity (Wildman–Crippen MR) is 81.8 cm³/mol. The van der Waals surface area contributed by atoms with E-state index in [9.17, 15) is 26.4 Å². The highest BCUT2D eigenvalue weighted by Crippen LogP contribution is 2.35. The van der Waals surface area contributed by atoms with Crippen molar-refractivity contribution in [3.05, 3.63) is 41.2 Å². The summed E-state index contributed by atoms with van der Waals surface area (Å²) < 4.78 is 66.8. The lowest BCUT2D eigenvalue weighted by Gasteiger charge is -2.14. The number of halogens is 3. The fraction of sp³-hybridized carbons (Fsp3) is 0.286. The Bertz CT molecular complexity index is 920. The van der Waals surface area contributed by atoms with Gasteiger partial charge in [0.25, 0.3) is 10.0 Å². The summed E-state index contributed by atoms with van der Waals surface area (Å²) in [7, 11) is -4.36. The van der Waals surface area contributed by atoms with Gasteiger partial charge in [-0.05, 0) is 37.6 Å². The summed E-state index contributed by atoms with van der Waals surface area (Å²) >= 11 is 0. The normalized spacial score (nSPS) is 12.2. The minimum Gasteiger partial charge on any atom is -0.478 e. The lowest BCUT2D eigenvalue weighted by molar-refractivity contribution is -0.143. The summed E-state index contributed by atoms with van der Waals surface area (Å²) in [4.78, 5) is 10.6. The van der Waals surface area contributed by atoms with Crippen LogP contribution in [0.1, 0.15) is 28.5 Å². The summed E-state index contributed by atoms with van der Waals surface area (Å²) in [6.07, 6.45) is -4.02. The first-order chi connectivity index (χ1) is 11.5. The van der Waals surface area contributed by atoms with Crippen molar-refractivity contribution in [1.29, 1.82) is 0 Å². The molecule has 2 N–H and O–H groups in total. The maximum atomic E-state index is 13.2. The molecular formula is C14H14F3N3O4S. The molecule has 0 spiro atoms. The highest BCUT2D eigenvalue weighted by molar-refractivity contribution is 7.92. The van der Waals surface area contributed by atoms with Crippen molar-refractivity contribution >= 4 is 21.7 Å². The van der Waals surface area contributed by atoms with Gasteiger partial charge in [0.1, 0.15) is 0 Å². The molecule has 0 bridgehead atoms. The number of hydrogen-bond donors (Lipinski definition) is 2. The smallest absolute Gasteiger partial charge is 0.435 e. The first kappa shape index (κ1) is 18.8. The Labute approximate surface area is 141 Å². The van der Waals surface area contributed by atoms with Crippen molar-refractivity contribution in [2.24, 2.45) is 0 Å². The number of anilines is 1. The number of rotatable bonds is 5. The van der Waals surface area contributed by atoms with E-state index in [0.29, 0.717) is 4.68 Å². The van der Waals surface area contributed by atoms with Gasteiger partial charge in [-0.1, -0.05) is 0 Å². The topological polar surface area (TPSA) is 101 Å². The van der Waals surface area contributed by atoms with E-state index in [1.165, 1.54) is 13.8 Å².